The molecule has 1 amide bonds. The summed E-state index contributed by atoms with van der Waals surface area (Å²) in [5, 5.41) is 3.74. The number of rotatable bonds is 3. The molecule has 1 heterocycles. The summed E-state index contributed by atoms with van der Waals surface area (Å²) in [5.74, 6) is 0. The summed E-state index contributed by atoms with van der Waals surface area (Å²) in [6.45, 7) is 0. The molecule has 2 aromatic carbocycles. The maximum atomic E-state index is 10.6. The van der Waals surface area contributed by atoms with Crippen LogP contribution < -0.4 is 11.1 Å². The molecule has 0 saturated heterocycles. The van der Waals surface area contributed by atoms with E-state index in [4.69, 9.17) is 5.73 Å². The van der Waals surface area contributed by atoms with Crippen molar-refractivity contribution < 1.29 is 4.79 Å². The van der Waals surface area contributed by atoms with E-state index in [1.54, 1.807) is 0 Å². The van der Waals surface area contributed by atoms with Gasteiger partial charge in [0.2, 0.25) is 6.41 Å². The lowest BCUT2D eigenvalue weighted by Crippen LogP contribution is -1.95. The summed E-state index contributed by atoms with van der Waals surface area (Å²) in [6, 6.07) is 13.6. The first kappa shape index (κ1) is 11.3. The average Bonchev–Trinajstić information content (AvgIpc) is 2.89. The first-order valence-electron chi connectivity index (χ1n) is 5.96. The Labute approximate surface area is 110 Å². The largest absolute Gasteiger partial charge is 0.399 e. The molecule has 0 unspecified atom stereocenters. The van der Waals surface area contributed by atoms with Crippen molar-refractivity contribution in [2.24, 2.45) is 0 Å². The number of amides is 1. The Morgan fingerprint density at radius 3 is 2.84 bits per heavy atom. The van der Waals surface area contributed by atoms with Crippen molar-refractivity contribution in [3.05, 3.63) is 48.7 Å². The summed E-state index contributed by atoms with van der Waals surface area (Å²) in [6.07, 6.45) is 2.53. The smallest absolute Gasteiger partial charge is 0.211 e. The highest BCUT2D eigenvalue weighted by molar-refractivity contribution is 6.03. The van der Waals surface area contributed by atoms with Crippen molar-refractivity contribution in [2.45, 2.75) is 0 Å². The first-order valence-corrected chi connectivity index (χ1v) is 5.96. The second-order valence-corrected chi connectivity index (χ2v) is 4.31. The Morgan fingerprint density at radius 2 is 2.05 bits per heavy atom. The molecule has 0 aliphatic rings. The molecule has 3 aromatic rings. The van der Waals surface area contributed by atoms with Gasteiger partial charge >= 0.3 is 0 Å². The third-order valence-corrected chi connectivity index (χ3v) is 3.14. The van der Waals surface area contributed by atoms with E-state index in [2.05, 4.69) is 10.3 Å². The number of nitrogens with two attached hydrogens (primary N) is 1. The fourth-order valence-electron chi connectivity index (χ4n) is 2.30. The van der Waals surface area contributed by atoms with E-state index in [-0.39, 0.29) is 0 Å². The molecule has 0 atom stereocenters. The zero-order chi connectivity index (χ0) is 13.2. The van der Waals surface area contributed by atoms with Crippen LogP contribution in [0.2, 0.25) is 0 Å². The highest BCUT2D eigenvalue weighted by Gasteiger charge is 2.08. The lowest BCUT2D eigenvalue weighted by atomic mass is 10.0. The number of H-pyrrole nitrogens is 1. The van der Waals surface area contributed by atoms with Crippen molar-refractivity contribution in [1.82, 2.24) is 4.98 Å². The molecular weight excluding hydrogens is 238 g/mol. The zero-order valence-electron chi connectivity index (χ0n) is 10.2. The van der Waals surface area contributed by atoms with Gasteiger partial charge < -0.3 is 16.0 Å². The molecule has 94 valence electrons. The summed E-state index contributed by atoms with van der Waals surface area (Å²) in [5.41, 5.74) is 10.4. The quantitative estimate of drug-likeness (QED) is 0.494. The molecule has 0 saturated carbocycles. The van der Waals surface area contributed by atoms with E-state index in [0.29, 0.717) is 6.41 Å². The lowest BCUT2D eigenvalue weighted by Gasteiger charge is -2.08. The third-order valence-electron chi connectivity index (χ3n) is 3.14. The predicted octanol–water partition coefficient (Wildman–Crippen LogP) is 2.99. The summed E-state index contributed by atoms with van der Waals surface area (Å²) < 4.78 is 0. The van der Waals surface area contributed by atoms with Gasteiger partial charge in [0.05, 0.1) is 11.2 Å². The van der Waals surface area contributed by atoms with E-state index in [1.807, 2.05) is 48.7 Å². The highest BCUT2D eigenvalue weighted by Crippen LogP contribution is 2.33. The molecule has 19 heavy (non-hydrogen) atoms. The molecule has 0 aliphatic heterocycles. The van der Waals surface area contributed by atoms with Crippen LogP contribution >= 0.6 is 0 Å². The fraction of sp³-hybridized carbons (Fsp3) is 0. The van der Waals surface area contributed by atoms with E-state index in [9.17, 15) is 4.79 Å². The molecule has 3 rings (SSSR count). The Bertz CT molecular complexity index is 746. The van der Waals surface area contributed by atoms with Gasteiger partial charge in [0.15, 0.2) is 0 Å². The highest BCUT2D eigenvalue weighted by atomic mass is 16.1. The zero-order valence-corrected chi connectivity index (χ0v) is 10.2. The van der Waals surface area contributed by atoms with E-state index in [0.717, 1.165) is 33.4 Å². The SMILES string of the molecule is Nc1cccc(-c2ccc(NC=O)c3[nH]ccc23)c1. The fourth-order valence-corrected chi connectivity index (χ4v) is 2.30. The standard InChI is InChI=1S/C15H13N3O/c16-11-3-1-2-10(8-11)12-4-5-14(18-9-19)15-13(12)6-7-17-15/h1-9,17H,16H2,(H,18,19). The molecule has 4 N–H and O–H groups in total. The molecule has 0 spiro atoms. The number of fused-ring (bicyclic) bond motifs is 1. The number of hydrogen-bond donors (Lipinski definition) is 3. The summed E-state index contributed by atoms with van der Waals surface area (Å²) >= 11 is 0. The Kier molecular flexibility index (Phi) is 2.68. The number of hydrogen-bond acceptors (Lipinski definition) is 2. The average molecular weight is 251 g/mol. The van der Waals surface area contributed by atoms with Gasteiger partial charge in [-0.25, -0.2) is 0 Å². The molecule has 4 heteroatoms. The van der Waals surface area contributed by atoms with E-state index >= 15 is 0 Å². The van der Waals surface area contributed by atoms with Crippen LogP contribution in [0.3, 0.4) is 0 Å². The van der Waals surface area contributed by atoms with Gasteiger partial charge in [-0.15, -0.1) is 0 Å². The van der Waals surface area contributed by atoms with Crippen LogP contribution in [0.5, 0.6) is 0 Å². The molecule has 4 nitrogen and oxygen atoms in total. The van der Waals surface area contributed by atoms with Gasteiger partial charge in [0, 0.05) is 17.3 Å². The normalized spacial score (nSPS) is 10.5. The van der Waals surface area contributed by atoms with Crippen LogP contribution in [-0.4, -0.2) is 11.4 Å². The lowest BCUT2D eigenvalue weighted by molar-refractivity contribution is -0.105. The van der Waals surface area contributed by atoms with Gasteiger partial charge in [-0.1, -0.05) is 18.2 Å². The predicted molar refractivity (Wildman–Crippen MR) is 77.8 cm³/mol. The number of carbonyl (C=O) groups is 1. The van der Waals surface area contributed by atoms with Crippen LogP contribution in [-0.2, 0) is 4.79 Å². The second kappa shape index (κ2) is 4.49. The van der Waals surface area contributed by atoms with Gasteiger partial charge in [-0.05, 0) is 35.4 Å². The first-order chi connectivity index (χ1) is 9.29. The number of benzene rings is 2. The van der Waals surface area contributed by atoms with E-state index < -0.39 is 0 Å². The summed E-state index contributed by atoms with van der Waals surface area (Å²) in [4.78, 5) is 13.7. The van der Waals surface area contributed by atoms with Crippen LogP contribution in [0, 0.1) is 0 Å². The molecular formula is C15H13N3O. The maximum absolute atomic E-state index is 10.6. The number of carbonyl (C=O) groups excluding carboxylic acids is 1. The summed E-state index contributed by atoms with van der Waals surface area (Å²) in [7, 11) is 0. The van der Waals surface area contributed by atoms with Gasteiger partial charge in [-0.3, -0.25) is 4.79 Å². The minimum atomic E-state index is 0.676. The number of aromatic amines is 1. The molecule has 0 bridgehead atoms. The minimum Gasteiger partial charge on any atom is -0.399 e. The Morgan fingerprint density at radius 1 is 1.16 bits per heavy atom. The number of anilines is 2. The van der Waals surface area contributed by atoms with Crippen molar-refractivity contribution in [1.29, 1.82) is 0 Å². The van der Waals surface area contributed by atoms with Gasteiger partial charge in [0.25, 0.3) is 0 Å². The second-order valence-electron chi connectivity index (χ2n) is 4.31. The van der Waals surface area contributed by atoms with Gasteiger partial charge in [0.1, 0.15) is 0 Å². The molecule has 0 aliphatic carbocycles. The third kappa shape index (κ3) is 1.93. The van der Waals surface area contributed by atoms with Crippen molar-refractivity contribution in [3.63, 3.8) is 0 Å². The molecule has 0 radical (unpaired) electrons. The molecule has 0 fully saturated rings. The van der Waals surface area contributed by atoms with Gasteiger partial charge in [-0.2, -0.15) is 0 Å². The topological polar surface area (TPSA) is 70.9 Å². The van der Waals surface area contributed by atoms with E-state index in [1.165, 1.54) is 0 Å². The van der Waals surface area contributed by atoms with Crippen molar-refractivity contribution in [2.75, 3.05) is 11.1 Å². The van der Waals surface area contributed by atoms with Crippen LogP contribution in [0.1, 0.15) is 0 Å². The number of nitrogen functional groups attached to an aromatic ring is 1. The van der Waals surface area contributed by atoms with Crippen LogP contribution in [0.15, 0.2) is 48.7 Å². The van der Waals surface area contributed by atoms with Crippen molar-refractivity contribution in [3.8, 4) is 11.1 Å². The van der Waals surface area contributed by atoms with Crippen molar-refractivity contribution >= 4 is 28.7 Å². The van der Waals surface area contributed by atoms with Crippen LogP contribution in [0.25, 0.3) is 22.0 Å². The molecule has 1 aromatic heterocycles. The minimum absolute atomic E-state index is 0.676. The Hall–Kier alpha value is -2.75. The number of aromatic nitrogens is 1. The Balaban J connectivity index is 2.23. The maximum Gasteiger partial charge on any atom is 0.211 e. The van der Waals surface area contributed by atoms with Crippen LogP contribution in [0.4, 0.5) is 11.4 Å². The number of nitrogens with one attached hydrogen (secondary N) is 2. The monoisotopic (exact) mass is 251 g/mol.